The van der Waals surface area contributed by atoms with Crippen molar-refractivity contribution in [3.8, 4) is 0 Å². The minimum absolute atomic E-state index is 0.219. The normalized spacial score (nSPS) is 18.5. The van der Waals surface area contributed by atoms with Gasteiger partial charge in [0.15, 0.2) is 5.78 Å². The predicted octanol–water partition coefficient (Wildman–Crippen LogP) is 3.83. The van der Waals surface area contributed by atoms with Gasteiger partial charge in [-0.2, -0.15) is 0 Å². The quantitative estimate of drug-likeness (QED) is 0.627. The van der Waals surface area contributed by atoms with E-state index in [0.29, 0.717) is 5.75 Å². The zero-order chi connectivity index (χ0) is 16.3. The summed E-state index contributed by atoms with van der Waals surface area (Å²) in [5.41, 5.74) is 2.31. The van der Waals surface area contributed by atoms with Gasteiger partial charge < -0.3 is 4.74 Å². The van der Waals surface area contributed by atoms with Gasteiger partial charge in [0, 0.05) is 11.3 Å². The lowest BCUT2D eigenvalue weighted by molar-refractivity contribution is -0.156. The van der Waals surface area contributed by atoms with Crippen molar-refractivity contribution in [2.24, 2.45) is 0 Å². The zero-order valence-corrected chi connectivity index (χ0v) is 14.3. The zero-order valence-electron chi connectivity index (χ0n) is 13.5. The van der Waals surface area contributed by atoms with Crippen LogP contribution in [0.2, 0.25) is 0 Å². The first kappa shape index (κ1) is 16.8. The number of ketones is 1. The van der Waals surface area contributed by atoms with Gasteiger partial charge in [-0.15, -0.1) is 11.8 Å². The molecule has 0 amide bonds. The van der Waals surface area contributed by atoms with Crippen LogP contribution in [0.25, 0.3) is 6.08 Å². The number of hydrogen-bond acceptors (Lipinski definition) is 4. The lowest BCUT2D eigenvalue weighted by Crippen LogP contribution is -2.26. The molecule has 1 aliphatic heterocycles. The van der Waals surface area contributed by atoms with E-state index in [0.717, 1.165) is 22.5 Å². The fraction of sp³-hybridized carbons (Fsp3) is 0.444. The molecule has 1 fully saturated rings. The van der Waals surface area contributed by atoms with Crippen LogP contribution in [-0.4, -0.2) is 28.9 Å². The first-order valence-corrected chi connectivity index (χ1v) is 8.56. The van der Waals surface area contributed by atoms with E-state index in [9.17, 15) is 9.59 Å². The van der Waals surface area contributed by atoms with E-state index in [1.54, 1.807) is 11.8 Å². The third-order valence-corrected chi connectivity index (χ3v) is 4.37. The summed E-state index contributed by atoms with van der Waals surface area (Å²) < 4.78 is 5.41. The Bertz CT molecular complexity index is 594. The first-order valence-electron chi connectivity index (χ1n) is 7.40. The largest absolute Gasteiger partial charge is 0.460 e. The van der Waals surface area contributed by atoms with Crippen LogP contribution in [-0.2, 0) is 14.3 Å². The molecule has 3 nitrogen and oxygen atoms in total. The van der Waals surface area contributed by atoms with Crippen molar-refractivity contribution < 1.29 is 14.3 Å². The molecule has 0 saturated carbocycles. The van der Waals surface area contributed by atoms with Crippen LogP contribution in [0, 0.1) is 0 Å². The molecule has 1 heterocycles. The smallest absolute Gasteiger partial charge is 0.313 e. The van der Waals surface area contributed by atoms with E-state index < -0.39 is 5.60 Å². The van der Waals surface area contributed by atoms with Crippen LogP contribution in [0.4, 0.5) is 0 Å². The van der Waals surface area contributed by atoms with Gasteiger partial charge >= 0.3 is 5.97 Å². The Labute approximate surface area is 136 Å². The molecule has 1 atom stereocenters. The van der Waals surface area contributed by atoms with Gasteiger partial charge in [-0.05, 0) is 44.9 Å². The highest BCUT2D eigenvalue weighted by Crippen LogP contribution is 2.24. The number of carbonyl (C=O) groups excluding carboxylic acids is 2. The number of esters is 1. The molecule has 2 rings (SSSR count). The first-order chi connectivity index (χ1) is 10.3. The van der Waals surface area contributed by atoms with Gasteiger partial charge in [0.05, 0.1) is 11.7 Å². The van der Waals surface area contributed by atoms with Crippen molar-refractivity contribution in [2.45, 2.75) is 39.2 Å². The molecule has 0 bridgehead atoms. The average molecular weight is 318 g/mol. The number of hydrogen-bond donors (Lipinski definition) is 0. The molecule has 1 unspecified atom stereocenters. The summed E-state index contributed by atoms with van der Waals surface area (Å²) in [4.78, 5) is 23.7. The molecule has 1 aromatic rings. The third-order valence-electron chi connectivity index (χ3n) is 3.39. The lowest BCUT2D eigenvalue weighted by Gasteiger charge is -2.22. The monoisotopic (exact) mass is 318 g/mol. The number of thioether (sulfide) groups is 1. The van der Waals surface area contributed by atoms with E-state index in [-0.39, 0.29) is 17.7 Å². The molecule has 0 aromatic heterocycles. The van der Waals surface area contributed by atoms with Crippen LogP contribution >= 0.6 is 11.8 Å². The topological polar surface area (TPSA) is 43.4 Å². The maximum absolute atomic E-state index is 12.1. The Hall–Kier alpha value is -1.55. The summed E-state index contributed by atoms with van der Waals surface area (Å²) in [6, 6.07) is 7.74. The molecular formula is C18H22O3S. The number of Topliss-reactive ketones (excluding diaryl/α,β-unsaturated/α-hetero) is 1. The Morgan fingerprint density at radius 1 is 1.23 bits per heavy atom. The molecule has 118 valence electrons. The Morgan fingerprint density at radius 2 is 1.86 bits per heavy atom. The number of ether oxygens (including phenoxy) is 1. The Kier molecular flexibility index (Phi) is 5.12. The lowest BCUT2D eigenvalue weighted by atomic mass is 9.99. The highest BCUT2D eigenvalue weighted by Gasteiger charge is 2.23. The highest BCUT2D eigenvalue weighted by atomic mass is 32.2. The van der Waals surface area contributed by atoms with Crippen molar-refractivity contribution in [1.29, 1.82) is 0 Å². The molecule has 0 spiro atoms. The van der Waals surface area contributed by atoms with Gasteiger partial charge in [0.25, 0.3) is 0 Å². The number of benzene rings is 1. The van der Waals surface area contributed by atoms with E-state index in [2.05, 4.69) is 0 Å². The molecule has 1 saturated heterocycles. The minimum atomic E-state index is -0.476. The van der Waals surface area contributed by atoms with E-state index in [1.807, 2.05) is 58.0 Å². The maximum atomic E-state index is 12.1. The molecule has 4 heteroatoms. The molecule has 1 aromatic carbocycles. The van der Waals surface area contributed by atoms with Crippen molar-refractivity contribution in [3.05, 3.63) is 41.0 Å². The third kappa shape index (κ3) is 4.47. The van der Waals surface area contributed by atoms with Gasteiger partial charge in [-0.1, -0.05) is 24.3 Å². The van der Waals surface area contributed by atoms with Crippen molar-refractivity contribution in [2.75, 3.05) is 11.5 Å². The van der Waals surface area contributed by atoms with Gasteiger partial charge in [-0.3, -0.25) is 9.59 Å². The fourth-order valence-corrected chi connectivity index (χ4v) is 3.09. The summed E-state index contributed by atoms with van der Waals surface area (Å²) in [7, 11) is 0. The second-order valence-electron chi connectivity index (χ2n) is 6.51. The molecule has 0 radical (unpaired) electrons. The minimum Gasteiger partial charge on any atom is -0.460 e. The SMILES string of the molecule is CC(C(=O)OC(C)(C)C)c1ccc(/C=C2\CSCC2=O)cc1. The van der Waals surface area contributed by atoms with Crippen LogP contribution in [0.5, 0.6) is 0 Å². The molecule has 0 aliphatic carbocycles. The van der Waals surface area contributed by atoms with E-state index >= 15 is 0 Å². The van der Waals surface area contributed by atoms with Crippen molar-refractivity contribution in [3.63, 3.8) is 0 Å². The standard InChI is InChI=1S/C18H22O3S/c1-12(17(20)21-18(2,3)4)14-7-5-13(6-8-14)9-15-10-22-11-16(15)19/h5-9,12H,10-11H2,1-4H3/b15-9+. The summed E-state index contributed by atoms with van der Waals surface area (Å²) >= 11 is 1.65. The van der Waals surface area contributed by atoms with Crippen LogP contribution in [0.15, 0.2) is 29.8 Å². The summed E-state index contributed by atoms with van der Waals surface area (Å²) in [5, 5.41) is 0. The second kappa shape index (κ2) is 6.69. The molecule has 0 N–H and O–H groups in total. The second-order valence-corrected chi connectivity index (χ2v) is 7.49. The van der Waals surface area contributed by atoms with Crippen LogP contribution < -0.4 is 0 Å². The Morgan fingerprint density at radius 3 is 2.36 bits per heavy atom. The molecule has 1 aliphatic rings. The average Bonchev–Trinajstić information content (AvgIpc) is 2.82. The maximum Gasteiger partial charge on any atom is 0.313 e. The summed E-state index contributed by atoms with van der Waals surface area (Å²) in [6.45, 7) is 7.44. The molecular weight excluding hydrogens is 296 g/mol. The van der Waals surface area contributed by atoms with Gasteiger partial charge in [0.1, 0.15) is 5.60 Å². The summed E-state index contributed by atoms with van der Waals surface area (Å²) in [6.07, 6.45) is 1.93. The van der Waals surface area contributed by atoms with Crippen LogP contribution in [0.1, 0.15) is 44.7 Å². The van der Waals surface area contributed by atoms with Crippen molar-refractivity contribution in [1.82, 2.24) is 0 Å². The molecule has 22 heavy (non-hydrogen) atoms. The Balaban J connectivity index is 2.08. The van der Waals surface area contributed by atoms with Crippen LogP contribution in [0.3, 0.4) is 0 Å². The van der Waals surface area contributed by atoms with Gasteiger partial charge in [-0.25, -0.2) is 0 Å². The van der Waals surface area contributed by atoms with E-state index in [4.69, 9.17) is 4.74 Å². The van der Waals surface area contributed by atoms with Gasteiger partial charge in [0.2, 0.25) is 0 Å². The van der Waals surface area contributed by atoms with Crippen molar-refractivity contribution >= 4 is 29.6 Å². The van der Waals surface area contributed by atoms with E-state index in [1.165, 1.54) is 0 Å². The summed E-state index contributed by atoms with van der Waals surface area (Å²) in [5.74, 6) is 1.07. The number of carbonyl (C=O) groups is 2. The number of rotatable bonds is 3. The predicted molar refractivity (Wildman–Crippen MR) is 91.0 cm³/mol. The highest BCUT2D eigenvalue weighted by molar-refractivity contribution is 8.00. The fourth-order valence-electron chi connectivity index (χ4n) is 2.16.